The highest BCUT2D eigenvalue weighted by Crippen LogP contribution is 2.37. The molecule has 0 saturated carbocycles. The van der Waals surface area contributed by atoms with E-state index in [1.807, 2.05) is 24.3 Å². The number of aryl methyl sites for hydroxylation is 2. The van der Waals surface area contributed by atoms with Gasteiger partial charge in [-0.3, -0.25) is 4.99 Å². The van der Waals surface area contributed by atoms with Crippen molar-refractivity contribution in [3.63, 3.8) is 0 Å². The van der Waals surface area contributed by atoms with E-state index in [4.69, 9.17) is 9.47 Å². The van der Waals surface area contributed by atoms with Crippen LogP contribution in [0.4, 0.5) is 10.1 Å². The fourth-order valence-electron chi connectivity index (χ4n) is 2.69. The SMILES string of the molecule is COc1cc(C=Nc2ccc(C)c(C)c2)cc(Br)c1OCc1cccc(F)c1. The van der Waals surface area contributed by atoms with Crippen molar-refractivity contribution in [1.29, 1.82) is 0 Å². The van der Waals surface area contributed by atoms with Gasteiger partial charge in [0.25, 0.3) is 0 Å². The van der Waals surface area contributed by atoms with Crippen LogP contribution in [0.1, 0.15) is 22.3 Å². The van der Waals surface area contributed by atoms with E-state index in [0.717, 1.165) is 21.3 Å². The Morgan fingerprint density at radius 2 is 1.86 bits per heavy atom. The van der Waals surface area contributed by atoms with Crippen LogP contribution in [0.25, 0.3) is 0 Å². The zero-order valence-corrected chi connectivity index (χ0v) is 17.6. The Hall–Kier alpha value is -2.66. The highest BCUT2D eigenvalue weighted by Gasteiger charge is 2.12. The molecule has 0 N–H and O–H groups in total. The van der Waals surface area contributed by atoms with Crippen molar-refractivity contribution < 1.29 is 13.9 Å². The van der Waals surface area contributed by atoms with Gasteiger partial charge in [-0.25, -0.2) is 4.39 Å². The molecule has 0 aliphatic rings. The van der Waals surface area contributed by atoms with Crippen LogP contribution in [0.2, 0.25) is 0 Å². The molecule has 0 spiro atoms. The van der Waals surface area contributed by atoms with Gasteiger partial charge in [0, 0.05) is 6.21 Å². The molecule has 0 fully saturated rings. The third-order valence-corrected chi connectivity index (χ3v) is 4.97. The van der Waals surface area contributed by atoms with Gasteiger partial charge in [-0.2, -0.15) is 0 Å². The number of aliphatic imine (C=N–C) groups is 1. The molecule has 3 aromatic carbocycles. The van der Waals surface area contributed by atoms with Gasteiger partial charge in [0.2, 0.25) is 0 Å². The summed E-state index contributed by atoms with van der Waals surface area (Å²) < 4.78 is 25.4. The molecule has 3 aromatic rings. The zero-order chi connectivity index (χ0) is 20.1. The number of hydrogen-bond donors (Lipinski definition) is 0. The molecule has 0 amide bonds. The van der Waals surface area contributed by atoms with Crippen molar-refractivity contribution in [3.8, 4) is 11.5 Å². The van der Waals surface area contributed by atoms with Crippen molar-refractivity contribution in [1.82, 2.24) is 0 Å². The predicted octanol–water partition coefficient (Wildman–Crippen LogP) is 6.54. The van der Waals surface area contributed by atoms with E-state index in [-0.39, 0.29) is 12.4 Å². The van der Waals surface area contributed by atoms with Crippen LogP contribution in [0.3, 0.4) is 0 Å². The van der Waals surface area contributed by atoms with Crippen LogP contribution in [-0.4, -0.2) is 13.3 Å². The summed E-state index contributed by atoms with van der Waals surface area (Å²) in [5.74, 6) is 0.854. The first-order chi connectivity index (χ1) is 13.5. The smallest absolute Gasteiger partial charge is 0.175 e. The van der Waals surface area contributed by atoms with Crippen molar-refractivity contribution in [2.75, 3.05) is 7.11 Å². The maximum Gasteiger partial charge on any atom is 0.175 e. The van der Waals surface area contributed by atoms with Crippen molar-refractivity contribution in [2.24, 2.45) is 4.99 Å². The Labute approximate surface area is 173 Å². The molecule has 3 rings (SSSR count). The molecule has 0 bridgehead atoms. The Morgan fingerprint density at radius 1 is 1.04 bits per heavy atom. The average Bonchev–Trinajstić information content (AvgIpc) is 2.67. The van der Waals surface area contributed by atoms with E-state index in [1.165, 1.54) is 23.3 Å². The van der Waals surface area contributed by atoms with Gasteiger partial charge in [0.15, 0.2) is 11.5 Å². The van der Waals surface area contributed by atoms with E-state index in [1.54, 1.807) is 19.4 Å². The summed E-state index contributed by atoms with van der Waals surface area (Å²) in [5.41, 5.74) is 4.96. The summed E-state index contributed by atoms with van der Waals surface area (Å²) >= 11 is 3.53. The largest absolute Gasteiger partial charge is 0.493 e. The van der Waals surface area contributed by atoms with Crippen molar-refractivity contribution in [2.45, 2.75) is 20.5 Å². The number of methoxy groups -OCH3 is 1. The monoisotopic (exact) mass is 441 g/mol. The first kappa shape index (κ1) is 20.1. The number of benzene rings is 3. The molecule has 0 saturated heterocycles. The minimum absolute atomic E-state index is 0.239. The summed E-state index contributed by atoms with van der Waals surface area (Å²) in [7, 11) is 1.58. The van der Waals surface area contributed by atoms with Crippen LogP contribution in [-0.2, 0) is 6.61 Å². The average molecular weight is 442 g/mol. The second kappa shape index (κ2) is 9.02. The fourth-order valence-corrected chi connectivity index (χ4v) is 3.27. The number of hydrogen-bond acceptors (Lipinski definition) is 3. The molecule has 28 heavy (non-hydrogen) atoms. The quantitative estimate of drug-likeness (QED) is 0.406. The molecular formula is C23H21BrFNO2. The number of halogens is 2. The maximum atomic E-state index is 13.3. The topological polar surface area (TPSA) is 30.8 Å². The second-order valence-electron chi connectivity index (χ2n) is 6.48. The molecule has 3 nitrogen and oxygen atoms in total. The molecule has 0 atom stereocenters. The first-order valence-corrected chi connectivity index (χ1v) is 9.61. The van der Waals surface area contributed by atoms with Crippen LogP contribution < -0.4 is 9.47 Å². The van der Waals surface area contributed by atoms with Gasteiger partial charge in [-0.1, -0.05) is 18.2 Å². The van der Waals surface area contributed by atoms with Crippen molar-refractivity contribution >= 4 is 27.8 Å². The third kappa shape index (κ3) is 4.98. The number of rotatable bonds is 6. The first-order valence-electron chi connectivity index (χ1n) is 8.82. The van der Waals surface area contributed by atoms with Crippen LogP contribution >= 0.6 is 15.9 Å². The zero-order valence-electron chi connectivity index (χ0n) is 16.0. The molecule has 5 heteroatoms. The van der Waals surface area contributed by atoms with Gasteiger partial charge in [-0.15, -0.1) is 0 Å². The Morgan fingerprint density at radius 3 is 2.57 bits per heavy atom. The van der Waals surface area contributed by atoms with Gasteiger partial charge >= 0.3 is 0 Å². The van der Waals surface area contributed by atoms with Gasteiger partial charge in [0.05, 0.1) is 17.3 Å². The van der Waals surface area contributed by atoms with E-state index >= 15 is 0 Å². The minimum atomic E-state index is -0.287. The Balaban J connectivity index is 1.80. The van der Waals surface area contributed by atoms with E-state index in [2.05, 4.69) is 46.9 Å². The number of nitrogens with zero attached hydrogens (tertiary/aromatic N) is 1. The lowest BCUT2D eigenvalue weighted by atomic mass is 10.1. The van der Waals surface area contributed by atoms with E-state index in [9.17, 15) is 4.39 Å². The summed E-state index contributed by atoms with van der Waals surface area (Å²) in [6.07, 6.45) is 1.79. The van der Waals surface area contributed by atoms with E-state index in [0.29, 0.717) is 11.5 Å². The lowest BCUT2D eigenvalue weighted by molar-refractivity contribution is 0.282. The normalized spacial score (nSPS) is 11.0. The number of ether oxygens (including phenoxy) is 2. The van der Waals surface area contributed by atoms with Crippen molar-refractivity contribution in [3.05, 3.63) is 87.1 Å². The second-order valence-corrected chi connectivity index (χ2v) is 7.33. The summed E-state index contributed by atoms with van der Waals surface area (Å²) in [6.45, 7) is 4.38. The summed E-state index contributed by atoms with van der Waals surface area (Å²) in [5, 5.41) is 0. The molecule has 144 valence electrons. The fraction of sp³-hybridized carbons (Fsp3) is 0.174. The Bertz CT molecular complexity index is 1020. The van der Waals surface area contributed by atoms with Crippen LogP contribution in [0.5, 0.6) is 11.5 Å². The molecule has 0 aliphatic carbocycles. The van der Waals surface area contributed by atoms with E-state index < -0.39 is 0 Å². The third-order valence-electron chi connectivity index (χ3n) is 4.38. The standard InChI is InChI=1S/C23H21BrFNO2/c1-15-7-8-20(9-16(15)2)26-13-18-11-21(24)23(22(12-18)27-3)28-14-17-5-4-6-19(25)10-17/h4-13H,14H2,1-3H3. The highest BCUT2D eigenvalue weighted by molar-refractivity contribution is 9.10. The summed E-state index contributed by atoms with van der Waals surface area (Å²) in [4.78, 5) is 4.54. The predicted molar refractivity (Wildman–Crippen MR) is 115 cm³/mol. The summed E-state index contributed by atoms with van der Waals surface area (Å²) in [6, 6.07) is 16.2. The lowest BCUT2D eigenvalue weighted by Crippen LogP contribution is -2.00. The molecular weight excluding hydrogens is 421 g/mol. The molecule has 0 radical (unpaired) electrons. The van der Waals surface area contributed by atoms with Gasteiger partial charge in [-0.05, 0) is 88.4 Å². The molecule has 0 unspecified atom stereocenters. The van der Waals surface area contributed by atoms with Crippen LogP contribution in [0, 0.1) is 19.7 Å². The maximum absolute atomic E-state index is 13.3. The molecule has 0 heterocycles. The minimum Gasteiger partial charge on any atom is -0.493 e. The molecule has 0 aliphatic heterocycles. The molecule has 0 aromatic heterocycles. The highest BCUT2D eigenvalue weighted by atomic mass is 79.9. The Kier molecular flexibility index (Phi) is 6.47. The van der Waals surface area contributed by atoms with Crippen LogP contribution in [0.15, 0.2) is 64.1 Å². The van der Waals surface area contributed by atoms with Gasteiger partial charge in [0.1, 0.15) is 12.4 Å². The lowest BCUT2D eigenvalue weighted by Gasteiger charge is -2.13. The van der Waals surface area contributed by atoms with Gasteiger partial charge < -0.3 is 9.47 Å².